The van der Waals surface area contributed by atoms with E-state index in [1.165, 1.54) is 31.2 Å². The van der Waals surface area contributed by atoms with E-state index >= 15 is 0 Å². The van der Waals surface area contributed by atoms with Crippen molar-refractivity contribution in [2.45, 2.75) is 6.54 Å². The Hall–Kier alpha value is -3.55. The van der Waals surface area contributed by atoms with Gasteiger partial charge >= 0.3 is 0 Å². The van der Waals surface area contributed by atoms with Gasteiger partial charge in [0, 0.05) is 18.2 Å². The number of ether oxygens (including phenoxy) is 2. The summed E-state index contributed by atoms with van der Waals surface area (Å²) in [6.07, 6.45) is 1.54. The quantitative estimate of drug-likeness (QED) is 0.684. The second-order valence-electron chi connectivity index (χ2n) is 5.58. The summed E-state index contributed by atoms with van der Waals surface area (Å²) >= 11 is 0. The lowest BCUT2D eigenvalue weighted by atomic mass is 10.2. The summed E-state index contributed by atoms with van der Waals surface area (Å²) in [5.41, 5.74) is 0.716. The Bertz CT molecular complexity index is 979. The molecule has 0 unspecified atom stereocenters. The van der Waals surface area contributed by atoms with Gasteiger partial charge in [-0.2, -0.15) is 5.10 Å². The molecule has 0 aliphatic rings. The summed E-state index contributed by atoms with van der Waals surface area (Å²) in [5, 5.41) is 7.02. The number of carbonyl (C=O) groups excluding carboxylic acids is 1. The van der Waals surface area contributed by atoms with Gasteiger partial charge in [0.15, 0.2) is 17.3 Å². The van der Waals surface area contributed by atoms with Crippen LogP contribution >= 0.6 is 0 Å². The minimum absolute atomic E-state index is 0.229. The molecule has 1 N–H and O–H groups in total. The van der Waals surface area contributed by atoms with Gasteiger partial charge in [-0.3, -0.25) is 9.59 Å². The normalized spacial score (nSPS) is 10.4. The van der Waals surface area contributed by atoms with Crippen molar-refractivity contribution in [1.29, 1.82) is 0 Å². The third-order valence-corrected chi connectivity index (χ3v) is 3.90. The fourth-order valence-corrected chi connectivity index (χ4v) is 2.52. The molecule has 0 saturated carbocycles. The second kappa shape index (κ2) is 8.22. The highest BCUT2D eigenvalue weighted by atomic mass is 16.5. The van der Waals surface area contributed by atoms with Crippen LogP contribution in [0.15, 0.2) is 57.9 Å². The molecule has 0 radical (unpaired) electrons. The SMILES string of the molecule is COc1ccc(C(=O)NCCn2nc(-c3ccco3)ccc2=O)cc1OC. The van der Waals surface area contributed by atoms with Crippen molar-refractivity contribution in [3.05, 3.63) is 64.6 Å². The molecule has 3 rings (SSSR count). The van der Waals surface area contributed by atoms with Gasteiger partial charge < -0.3 is 19.2 Å². The zero-order valence-electron chi connectivity index (χ0n) is 15.0. The predicted octanol–water partition coefficient (Wildman–Crippen LogP) is 1.95. The fourth-order valence-electron chi connectivity index (χ4n) is 2.52. The average Bonchev–Trinajstić information content (AvgIpc) is 3.23. The van der Waals surface area contributed by atoms with Crippen LogP contribution in [0.3, 0.4) is 0 Å². The maximum atomic E-state index is 12.3. The highest BCUT2D eigenvalue weighted by Crippen LogP contribution is 2.27. The molecule has 1 aromatic carbocycles. The van der Waals surface area contributed by atoms with E-state index in [2.05, 4.69) is 10.4 Å². The molecule has 0 aliphatic heterocycles. The first-order valence-corrected chi connectivity index (χ1v) is 8.24. The monoisotopic (exact) mass is 369 g/mol. The third kappa shape index (κ3) is 4.17. The van der Waals surface area contributed by atoms with Crippen molar-refractivity contribution in [1.82, 2.24) is 15.1 Å². The second-order valence-corrected chi connectivity index (χ2v) is 5.58. The van der Waals surface area contributed by atoms with E-state index in [0.717, 1.165) is 0 Å². The number of hydrogen-bond donors (Lipinski definition) is 1. The maximum Gasteiger partial charge on any atom is 0.266 e. The Balaban J connectivity index is 1.65. The zero-order chi connectivity index (χ0) is 19.2. The summed E-state index contributed by atoms with van der Waals surface area (Å²) in [6, 6.07) is 11.4. The van der Waals surface area contributed by atoms with Crippen LogP contribution in [0, 0.1) is 0 Å². The number of furan rings is 1. The molecule has 0 fully saturated rings. The Morgan fingerprint density at radius 2 is 1.96 bits per heavy atom. The van der Waals surface area contributed by atoms with Crippen LogP contribution in [-0.2, 0) is 6.54 Å². The van der Waals surface area contributed by atoms with E-state index in [0.29, 0.717) is 28.5 Å². The number of amides is 1. The number of nitrogens with one attached hydrogen (secondary N) is 1. The van der Waals surface area contributed by atoms with E-state index in [1.807, 2.05) is 0 Å². The standard InChI is InChI=1S/C19H19N3O5/c1-25-16-7-5-13(12-17(16)26-2)19(24)20-9-10-22-18(23)8-6-14(21-22)15-4-3-11-27-15/h3-8,11-12H,9-10H2,1-2H3,(H,20,24). The Labute approximate surface area is 155 Å². The van der Waals surface area contributed by atoms with Crippen molar-refractivity contribution < 1.29 is 18.7 Å². The van der Waals surface area contributed by atoms with E-state index in [1.54, 1.807) is 36.4 Å². The van der Waals surface area contributed by atoms with Gasteiger partial charge in [-0.25, -0.2) is 4.68 Å². The highest BCUT2D eigenvalue weighted by Gasteiger charge is 2.11. The van der Waals surface area contributed by atoms with E-state index in [9.17, 15) is 9.59 Å². The van der Waals surface area contributed by atoms with Gasteiger partial charge in [-0.15, -0.1) is 0 Å². The van der Waals surface area contributed by atoms with E-state index in [4.69, 9.17) is 13.9 Å². The molecule has 8 heteroatoms. The number of aromatic nitrogens is 2. The topological polar surface area (TPSA) is 95.6 Å². The van der Waals surface area contributed by atoms with E-state index < -0.39 is 0 Å². The van der Waals surface area contributed by atoms with Gasteiger partial charge in [-0.1, -0.05) is 0 Å². The van der Waals surface area contributed by atoms with Gasteiger partial charge in [0.05, 0.1) is 27.0 Å². The lowest BCUT2D eigenvalue weighted by Gasteiger charge is -2.10. The Morgan fingerprint density at radius 1 is 1.15 bits per heavy atom. The molecule has 0 aliphatic carbocycles. The number of nitrogens with zero attached hydrogens (tertiary/aromatic N) is 2. The smallest absolute Gasteiger partial charge is 0.266 e. The summed E-state index contributed by atoms with van der Waals surface area (Å²) in [4.78, 5) is 24.3. The summed E-state index contributed by atoms with van der Waals surface area (Å²) in [5.74, 6) is 1.29. The van der Waals surface area contributed by atoms with Crippen LogP contribution in [0.1, 0.15) is 10.4 Å². The lowest BCUT2D eigenvalue weighted by Crippen LogP contribution is -2.31. The molecular formula is C19H19N3O5. The van der Waals surface area contributed by atoms with Crippen molar-refractivity contribution in [2.24, 2.45) is 0 Å². The minimum Gasteiger partial charge on any atom is -0.493 e. The molecule has 0 spiro atoms. The Kier molecular flexibility index (Phi) is 5.55. The van der Waals surface area contributed by atoms with Crippen molar-refractivity contribution in [3.8, 4) is 23.0 Å². The minimum atomic E-state index is -0.286. The van der Waals surface area contributed by atoms with Gasteiger partial charge in [0.25, 0.3) is 11.5 Å². The molecule has 1 amide bonds. The van der Waals surface area contributed by atoms with Gasteiger partial charge in [-0.05, 0) is 36.4 Å². The molecule has 2 aromatic heterocycles. The molecule has 27 heavy (non-hydrogen) atoms. The largest absolute Gasteiger partial charge is 0.493 e. The number of rotatable bonds is 7. The van der Waals surface area contributed by atoms with Crippen LogP contribution < -0.4 is 20.3 Å². The first-order valence-electron chi connectivity index (χ1n) is 8.24. The van der Waals surface area contributed by atoms with Crippen molar-refractivity contribution in [3.63, 3.8) is 0 Å². The molecule has 8 nitrogen and oxygen atoms in total. The molecule has 0 atom stereocenters. The van der Waals surface area contributed by atoms with Crippen LogP contribution in [-0.4, -0.2) is 36.5 Å². The fraction of sp³-hybridized carbons (Fsp3) is 0.211. The molecule has 140 valence electrons. The van der Waals surface area contributed by atoms with Crippen molar-refractivity contribution in [2.75, 3.05) is 20.8 Å². The molecule has 3 aromatic rings. The molecular weight excluding hydrogens is 350 g/mol. The van der Waals surface area contributed by atoms with Gasteiger partial charge in [0.1, 0.15) is 5.69 Å². The van der Waals surface area contributed by atoms with Crippen molar-refractivity contribution >= 4 is 5.91 Å². The average molecular weight is 369 g/mol. The summed E-state index contributed by atoms with van der Waals surface area (Å²) < 4.78 is 16.9. The van der Waals surface area contributed by atoms with E-state index in [-0.39, 0.29) is 24.6 Å². The zero-order valence-corrected chi connectivity index (χ0v) is 15.0. The third-order valence-electron chi connectivity index (χ3n) is 3.90. The maximum absolute atomic E-state index is 12.3. The van der Waals surface area contributed by atoms with Crippen LogP contribution in [0.25, 0.3) is 11.5 Å². The van der Waals surface area contributed by atoms with Crippen LogP contribution in [0.5, 0.6) is 11.5 Å². The Morgan fingerprint density at radius 3 is 2.67 bits per heavy atom. The number of carbonyl (C=O) groups is 1. The number of benzene rings is 1. The molecule has 2 heterocycles. The number of methoxy groups -OCH3 is 2. The molecule has 0 saturated heterocycles. The summed E-state index contributed by atoms with van der Waals surface area (Å²) in [7, 11) is 3.03. The molecule has 0 bridgehead atoms. The van der Waals surface area contributed by atoms with Crippen LogP contribution in [0.2, 0.25) is 0 Å². The first-order chi connectivity index (χ1) is 13.1. The summed E-state index contributed by atoms with van der Waals surface area (Å²) in [6.45, 7) is 0.466. The lowest BCUT2D eigenvalue weighted by molar-refractivity contribution is 0.0951. The number of hydrogen-bond acceptors (Lipinski definition) is 6. The predicted molar refractivity (Wildman–Crippen MR) is 98.1 cm³/mol. The first kappa shape index (κ1) is 18.2. The highest BCUT2D eigenvalue weighted by molar-refractivity contribution is 5.94. The van der Waals surface area contributed by atoms with Crippen LogP contribution in [0.4, 0.5) is 0 Å². The van der Waals surface area contributed by atoms with Gasteiger partial charge in [0.2, 0.25) is 0 Å².